The molecule has 0 saturated carbocycles. The molecule has 0 aliphatic heterocycles. The molecule has 2 aromatic carbocycles. The molecule has 0 amide bonds. The first-order valence-electron chi connectivity index (χ1n) is 8.67. The van der Waals surface area contributed by atoms with Gasteiger partial charge in [0.15, 0.2) is 5.78 Å². The lowest BCUT2D eigenvalue weighted by molar-refractivity contribution is -0.384. The van der Waals surface area contributed by atoms with E-state index in [1.54, 1.807) is 6.07 Å². The Balaban J connectivity index is 2.13. The Hall–Kier alpha value is -3.48. The number of phenolic OH excluding ortho intramolecular Hbond substituents is 1. The maximum atomic E-state index is 13.1. The Morgan fingerprint density at radius 2 is 1.85 bits per heavy atom. The van der Waals surface area contributed by atoms with Crippen molar-refractivity contribution in [2.24, 2.45) is 0 Å². The highest BCUT2D eigenvalue weighted by molar-refractivity contribution is 6.26. The van der Waals surface area contributed by atoms with Crippen LogP contribution in [0.3, 0.4) is 0 Å². The Labute approximate surface area is 153 Å². The summed E-state index contributed by atoms with van der Waals surface area (Å²) in [6.45, 7) is 2.40. The maximum Gasteiger partial charge on any atom is 0.270 e. The van der Waals surface area contributed by atoms with Crippen molar-refractivity contribution in [2.45, 2.75) is 26.3 Å². The fourth-order valence-corrected chi connectivity index (χ4v) is 3.65. The minimum atomic E-state index is -0.558. The lowest BCUT2D eigenvalue weighted by Gasteiger charge is -2.14. The minimum absolute atomic E-state index is 0.0303. The molecule has 1 heterocycles. The average molecular weight is 364 g/mol. The molecule has 7 heteroatoms. The Morgan fingerprint density at radius 1 is 1.07 bits per heavy atom. The molecule has 0 spiro atoms. The number of pyridine rings is 1. The van der Waals surface area contributed by atoms with Gasteiger partial charge in [-0.25, -0.2) is 0 Å². The van der Waals surface area contributed by atoms with Gasteiger partial charge in [-0.05, 0) is 30.7 Å². The highest BCUT2D eigenvalue weighted by atomic mass is 16.6. The number of nitro benzene ring substituents is 1. The number of carbonyl (C=O) groups excluding carboxylic acids is 1. The van der Waals surface area contributed by atoms with Gasteiger partial charge in [0.1, 0.15) is 5.75 Å². The molecular weight excluding hydrogens is 348 g/mol. The third kappa shape index (κ3) is 2.43. The van der Waals surface area contributed by atoms with Crippen LogP contribution in [0, 0.1) is 10.1 Å². The molecule has 0 bridgehead atoms. The predicted octanol–water partition coefficient (Wildman–Crippen LogP) is 3.63. The number of aromatic nitrogens is 1. The fraction of sp³-hybridized carbons (Fsp3) is 0.200. The van der Waals surface area contributed by atoms with Crippen molar-refractivity contribution in [3.63, 3.8) is 0 Å². The summed E-state index contributed by atoms with van der Waals surface area (Å²) in [5, 5.41) is 21.5. The fourth-order valence-electron chi connectivity index (χ4n) is 3.65. The Kier molecular flexibility index (Phi) is 3.80. The number of fused-ring (bicyclic) bond motifs is 5. The molecule has 136 valence electrons. The summed E-state index contributed by atoms with van der Waals surface area (Å²) < 4.78 is 1.53. The molecule has 0 saturated heterocycles. The SMILES string of the molecule is CCCCn1c2c(c3ccc([N+](=O)[O-])cc3c1=O)C(=O)c1cc(O)ccc1-2. The summed E-state index contributed by atoms with van der Waals surface area (Å²) in [4.78, 5) is 36.8. The molecule has 0 unspecified atom stereocenters. The highest BCUT2D eigenvalue weighted by Crippen LogP contribution is 2.41. The van der Waals surface area contributed by atoms with Gasteiger partial charge >= 0.3 is 0 Å². The van der Waals surface area contributed by atoms with Crippen molar-refractivity contribution in [1.29, 1.82) is 0 Å². The smallest absolute Gasteiger partial charge is 0.270 e. The number of ketones is 1. The van der Waals surface area contributed by atoms with Crippen molar-refractivity contribution in [2.75, 3.05) is 0 Å². The summed E-state index contributed by atoms with van der Waals surface area (Å²) in [6.07, 6.45) is 1.58. The molecule has 1 N–H and O–H groups in total. The van der Waals surface area contributed by atoms with Crippen molar-refractivity contribution < 1.29 is 14.8 Å². The van der Waals surface area contributed by atoms with E-state index in [9.17, 15) is 24.8 Å². The van der Waals surface area contributed by atoms with Gasteiger partial charge in [0.2, 0.25) is 0 Å². The molecule has 3 aromatic rings. The lowest BCUT2D eigenvalue weighted by Crippen LogP contribution is -2.23. The third-order valence-electron chi connectivity index (χ3n) is 4.93. The summed E-state index contributed by atoms with van der Waals surface area (Å²) in [7, 11) is 0. The third-order valence-corrected chi connectivity index (χ3v) is 4.93. The van der Waals surface area contributed by atoms with Crippen LogP contribution in [-0.4, -0.2) is 20.4 Å². The van der Waals surface area contributed by atoms with Crippen molar-refractivity contribution in [1.82, 2.24) is 4.57 Å². The van der Waals surface area contributed by atoms with Crippen LogP contribution >= 0.6 is 0 Å². The number of non-ortho nitro benzene ring substituents is 1. The van der Waals surface area contributed by atoms with Crippen LogP contribution in [0.1, 0.15) is 35.7 Å². The Bertz CT molecular complexity index is 1190. The van der Waals surface area contributed by atoms with Gasteiger partial charge in [-0.1, -0.05) is 13.3 Å². The molecule has 1 aliphatic rings. The lowest BCUT2D eigenvalue weighted by atomic mass is 10.0. The molecule has 0 radical (unpaired) electrons. The van der Waals surface area contributed by atoms with Crippen LogP contribution in [0.25, 0.3) is 22.0 Å². The number of nitro groups is 1. The minimum Gasteiger partial charge on any atom is -0.508 e. The molecule has 7 nitrogen and oxygen atoms in total. The largest absolute Gasteiger partial charge is 0.508 e. The molecule has 1 aromatic heterocycles. The topological polar surface area (TPSA) is 102 Å². The average Bonchev–Trinajstić information content (AvgIpc) is 2.93. The highest BCUT2D eigenvalue weighted by Gasteiger charge is 2.33. The van der Waals surface area contributed by atoms with Crippen molar-refractivity contribution >= 4 is 22.2 Å². The monoisotopic (exact) mass is 364 g/mol. The number of rotatable bonds is 4. The maximum absolute atomic E-state index is 13.1. The first-order valence-corrected chi connectivity index (χ1v) is 8.67. The van der Waals surface area contributed by atoms with E-state index in [1.807, 2.05) is 6.92 Å². The van der Waals surface area contributed by atoms with Gasteiger partial charge in [0.05, 0.1) is 21.6 Å². The molecular formula is C20H16N2O5. The van der Waals surface area contributed by atoms with E-state index in [0.717, 1.165) is 12.8 Å². The number of unbranched alkanes of at least 4 members (excludes halogenated alkanes) is 1. The number of phenols is 1. The van der Waals surface area contributed by atoms with E-state index in [2.05, 4.69) is 0 Å². The number of nitrogens with zero attached hydrogens (tertiary/aromatic N) is 2. The summed E-state index contributed by atoms with van der Waals surface area (Å²) in [5.74, 6) is -0.322. The van der Waals surface area contributed by atoms with E-state index in [1.165, 1.54) is 34.9 Å². The number of hydrogen-bond donors (Lipinski definition) is 1. The van der Waals surface area contributed by atoms with Gasteiger partial charge < -0.3 is 9.67 Å². The first-order chi connectivity index (χ1) is 12.9. The van der Waals surface area contributed by atoms with Gasteiger partial charge in [0, 0.05) is 35.2 Å². The van der Waals surface area contributed by atoms with Crippen LogP contribution in [0.5, 0.6) is 5.75 Å². The second-order valence-electron chi connectivity index (χ2n) is 6.58. The van der Waals surface area contributed by atoms with Crippen LogP contribution in [0.4, 0.5) is 5.69 Å². The van der Waals surface area contributed by atoms with Gasteiger partial charge in [-0.2, -0.15) is 0 Å². The second kappa shape index (κ2) is 6.05. The number of hydrogen-bond acceptors (Lipinski definition) is 5. The second-order valence-corrected chi connectivity index (χ2v) is 6.58. The van der Waals surface area contributed by atoms with E-state index < -0.39 is 4.92 Å². The van der Waals surface area contributed by atoms with E-state index in [4.69, 9.17) is 0 Å². The van der Waals surface area contributed by atoms with Gasteiger partial charge in [0.25, 0.3) is 11.2 Å². The van der Waals surface area contributed by atoms with Crippen molar-refractivity contribution in [3.8, 4) is 17.0 Å². The zero-order valence-corrected chi connectivity index (χ0v) is 14.6. The summed E-state index contributed by atoms with van der Waals surface area (Å²) in [6, 6.07) is 8.49. The molecule has 1 aliphatic carbocycles. The zero-order valence-electron chi connectivity index (χ0n) is 14.6. The predicted molar refractivity (Wildman–Crippen MR) is 100 cm³/mol. The summed E-state index contributed by atoms with van der Waals surface area (Å²) in [5.41, 5.74) is 1.27. The van der Waals surface area contributed by atoms with E-state index in [-0.39, 0.29) is 28.2 Å². The molecule has 0 fully saturated rings. The van der Waals surface area contributed by atoms with Crippen molar-refractivity contribution in [3.05, 3.63) is 68.0 Å². The van der Waals surface area contributed by atoms with Crippen LogP contribution in [-0.2, 0) is 6.54 Å². The number of benzene rings is 2. The number of carbonyl (C=O) groups is 1. The quantitative estimate of drug-likeness (QED) is 0.440. The number of aromatic hydroxyl groups is 1. The first kappa shape index (κ1) is 17.0. The zero-order chi connectivity index (χ0) is 19.3. The normalized spacial score (nSPS) is 12.3. The molecule has 4 rings (SSSR count). The van der Waals surface area contributed by atoms with Crippen LogP contribution in [0.15, 0.2) is 41.2 Å². The Morgan fingerprint density at radius 3 is 2.56 bits per heavy atom. The molecule has 0 atom stereocenters. The van der Waals surface area contributed by atoms with Gasteiger partial charge in [-0.3, -0.25) is 19.7 Å². The van der Waals surface area contributed by atoms with Crippen LogP contribution in [0.2, 0.25) is 0 Å². The van der Waals surface area contributed by atoms with E-state index in [0.29, 0.717) is 34.3 Å². The standard InChI is InChI=1S/C20H16N2O5/c1-2-3-8-21-18-14-7-5-12(23)10-15(14)19(24)17(18)13-6-4-11(22(26)27)9-16(13)20(21)25/h4-7,9-10,23H,2-3,8H2,1H3. The van der Waals surface area contributed by atoms with Crippen LogP contribution < -0.4 is 5.56 Å². The summed E-state index contributed by atoms with van der Waals surface area (Å²) >= 11 is 0. The molecule has 27 heavy (non-hydrogen) atoms. The van der Waals surface area contributed by atoms with Gasteiger partial charge in [-0.15, -0.1) is 0 Å². The van der Waals surface area contributed by atoms with E-state index >= 15 is 0 Å².